The van der Waals surface area contributed by atoms with Crippen molar-refractivity contribution in [1.29, 1.82) is 0 Å². The number of allylic oxidation sites excluding steroid dienone is 1. The average Bonchev–Trinajstić information content (AvgIpc) is 1.99. The predicted octanol–water partition coefficient (Wildman–Crippen LogP) is -2.48. The molecule has 4 nitrogen and oxygen atoms in total. The minimum Gasteiger partial charge on any atom is -1.00 e. The van der Waals surface area contributed by atoms with Crippen LogP contribution in [0.5, 0.6) is 0 Å². The molecule has 0 aromatic carbocycles. The quantitative estimate of drug-likeness (QED) is 0.249. The van der Waals surface area contributed by atoms with Crippen LogP contribution in [0, 0.1) is 0 Å². The van der Waals surface area contributed by atoms with Gasteiger partial charge in [-0.25, -0.2) is 4.79 Å². The van der Waals surface area contributed by atoms with Crippen molar-refractivity contribution in [3.63, 3.8) is 0 Å². The lowest BCUT2D eigenvalue weighted by Crippen LogP contribution is -3.00. The molecule has 1 N–H and O–H groups in total. The van der Waals surface area contributed by atoms with Crippen LogP contribution in [0.1, 0.15) is 13.8 Å². The molecule has 0 aliphatic rings. The fourth-order valence-corrected chi connectivity index (χ4v) is 1.19. The third-order valence-electron chi connectivity index (χ3n) is 1.62. The lowest BCUT2D eigenvalue weighted by Gasteiger charge is -2.29. The summed E-state index contributed by atoms with van der Waals surface area (Å²) in [7, 11) is 3.80. The van der Waals surface area contributed by atoms with E-state index in [0.29, 0.717) is 11.0 Å². The molecule has 0 saturated carbocycles. The summed E-state index contributed by atoms with van der Waals surface area (Å²) in [6.07, 6.45) is 2.62. The number of likely N-dealkylation sites (N-methyl/N-ethyl adjacent to an activating group) is 1. The van der Waals surface area contributed by atoms with Crippen LogP contribution in [0.4, 0.5) is 0 Å². The van der Waals surface area contributed by atoms with Crippen LogP contribution in [0.15, 0.2) is 12.2 Å². The monoisotopic (exact) mass is 237 g/mol. The Balaban J connectivity index is 0. The number of carbonyl (C=O) groups excluding carboxylic acids is 1. The van der Waals surface area contributed by atoms with Crippen molar-refractivity contribution < 1.29 is 31.5 Å². The summed E-state index contributed by atoms with van der Waals surface area (Å²) in [6, 6.07) is 0. The van der Waals surface area contributed by atoms with Gasteiger partial charge in [0.1, 0.15) is 12.6 Å². The number of hydrogen-bond acceptors (Lipinski definition) is 3. The number of ether oxygens (including phenoxy) is 1. The van der Waals surface area contributed by atoms with Gasteiger partial charge >= 0.3 is 5.97 Å². The fourth-order valence-electron chi connectivity index (χ4n) is 1.19. The SMILES string of the molecule is CC=CC(=O)OC[N+](C)(C)CC(C)O.[Cl-]. The minimum atomic E-state index is -0.398. The van der Waals surface area contributed by atoms with E-state index in [1.54, 1.807) is 19.9 Å². The Morgan fingerprint density at radius 1 is 1.53 bits per heavy atom. The molecule has 0 rings (SSSR count). The smallest absolute Gasteiger partial charge is 0.334 e. The third-order valence-corrected chi connectivity index (χ3v) is 1.62. The summed E-state index contributed by atoms with van der Waals surface area (Å²) < 4.78 is 5.44. The maximum absolute atomic E-state index is 11.0. The zero-order chi connectivity index (χ0) is 11.2. The largest absolute Gasteiger partial charge is 1.00 e. The number of rotatable bonds is 5. The van der Waals surface area contributed by atoms with Crippen molar-refractivity contribution >= 4 is 5.97 Å². The van der Waals surface area contributed by atoms with E-state index < -0.39 is 6.10 Å². The van der Waals surface area contributed by atoms with Gasteiger partial charge in [0.05, 0.1) is 14.1 Å². The molecule has 0 aliphatic heterocycles. The van der Waals surface area contributed by atoms with E-state index in [0.717, 1.165) is 0 Å². The number of halogens is 1. The first-order chi connectivity index (χ1) is 6.37. The second-order valence-electron chi connectivity index (χ2n) is 4.06. The van der Waals surface area contributed by atoms with Crippen molar-refractivity contribution in [2.75, 3.05) is 27.4 Å². The molecule has 0 aliphatic carbocycles. The topological polar surface area (TPSA) is 46.5 Å². The van der Waals surface area contributed by atoms with Gasteiger partial charge in [-0.15, -0.1) is 0 Å². The van der Waals surface area contributed by atoms with Crippen LogP contribution in [-0.4, -0.2) is 49.0 Å². The Morgan fingerprint density at radius 2 is 2.07 bits per heavy atom. The van der Waals surface area contributed by atoms with Crippen LogP contribution in [-0.2, 0) is 9.53 Å². The van der Waals surface area contributed by atoms with Crippen LogP contribution in [0.25, 0.3) is 0 Å². The summed E-state index contributed by atoms with van der Waals surface area (Å²) in [5.74, 6) is -0.343. The van der Waals surface area contributed by atoms with E-state index >= 15 is 0 Å². The number of hydrogen-bond donors (Lipinski definition) is 1. The summed E-state index contributed by atoms with van der Waals surface area (Å²) in [4.78, 5) is 11.0. The molecule has 90 valence electrons. The molecule has 0 fully saturated rings. The van der Waals surface area contributed by atoms with Crippen molar-refractivity contribution in [2.45, 2.75) is 20.0 Å². The molecule has 1 unspecified atom stereocenters. The summed E-state index contributed by atoms with van der Waals surface area (Å²) in [5.41, 5.74) is 0. The molecule has 0 aromatic heterocycles. The zero-order valence-electron chi connectivity index (χ0n) is 9.74. The second-order valence-corrected chi connectivity index (χ2v) is 4.06. The molecule has 0 spiro atoms. The van der Waals surface area contributed by atoms with Gasteiger partial charge in [0, 0.05) is 6.08 Å². The van der Waals surface area contributed by atoms with Crippen LogP contribution in [0.2, 0.25) is 0 Å². The van der Waals surface area contributed by atoms with E-state index in [9.17, 15) is 9.90 Å². The normalized spacial score (nSPS) is 13.4. The van der Waals surface area contributed by atoms with Gasteiger partial charge in [0.15, 0.2) is 0 Å². The molecule has 1 atom stereocenters. The van der Waals surface area contributed by atoms with E-state index in [1.807, 2.05) is 14.1 Å². The average molecular weight is 238 g/mol. The predicted molar refractivity (Wildman–Crippen MR) is 54.4 cm³/mol. The highest BCUT2D eigenvalue weighted by atomic mass is 35.5. The maximum atomic E-state index is 11.0. The maximum Gasteiger partial charge on any atom is 0.334 e. The first-order valence-electron chi connectivity index (χ1n) is 4.67. The Kier molecular flexibility index (Phi) is 8.62. The number of esters is 1. The molecular weight excluding hydrogens is 218 g/mol. The molecule has 15 heavy (non-hydrogen) atoms. The standard InChI is InChI=1S/C10H20NO3.ClH/c1-5-6-10(13)14-8-11(3,4)7-9(2)12;/h5-6,9,12H,7-8H2,1-4H3;1H/q+1;/p-1. The van der Waals surface area contributed by atoms with E-state index in [4.69, 9.17) is 4.74 Å². The van der Waals surface area contributed by atoms with Gasteiger partial charge < -0.3 is 22.3 Å². The van der Waals surface area contributed by atoms with Gasteiger partial charge in [-0.3, -0.25) is 4.48 Å². The Hall–Kier alpha value is -0.580. The highest BCUT2D eigenvalue weighted by Gasteiger charge is 2.19. The van der Waals surface area contributed by atoms with Gasteiger partial charge in [0.2, 0.25) is 6.73 Å². The summed E-state index contributed by atoms with van der Waals surface area (Å²) >= 11 is 0. The number of aliphatic hydroxyl groups is 1. The van der Waals surface area contributed by atoms with E-state index in [-0.39, 0.29) is 25.1 Å². The molecule has 5 heteroatoms. The Labute approximate surface area is 97.5 Å². The minimum absolute atomic E-state index is 0. The van der Waals surface area contributed by atoms with Crippen LogP contribution < -0.4 is 12.4 Å². The van der Waals surface area contributed by atoms with Crippen LogP contribution >= 0.6 is 0 Å². The molecule has 0 heterocycles. The van der Waals surface area contributed by atoms with Crippen LogP contribution in [0.3, 0.4) is 0 Å². The molecular formula is C10H20ClNO3. The molecule has 0 bridgehead atoms. The molecule has 0 aromatic rings. The zero-order valence-corrected chi connectivity index (χ0v) is 10.5. The van der Waals surface area contributed by atoms with Crippen molar-refractivity contribution in [3.8, 4) is 0 Å². The number of quaternary nitrogens is 1. The number of carbonyl (C=O) groups is 1. The second kappa shape index (κ2) is 7.68. The molecule has 0 saturated heterocycles. The van der Waals surface area contributed by atoms with Crippen molar-refractivity contribution in [1.82, 2.24) is 0 Å². The summed E-state index contributed by atoms with van der Waals surface area (Å²) in [6.45, 7) is 4.31. The van der Waals surface area contributed by atoms with Gasteiger partial charge in [-0.2, -0.15) is 0 Å². The van der Waals surface area contributed by atoms with Crippen molar-refractivity contribution in [3.05, 3.63) is 12.2 Å². The van der Waals surface area contributed by atoms with Gasteiger partial charge in [-0.1, -0.05) is 6.08 Å². The van der Waals surface area contributed by atoms with E-state index in [1.165, 1.54) is 6.08 Å². The lowest BCUT2D eigenvalue weighted by molar-refractivity contribution is -0.909. The van der Waals surface area contributed by atoms with E-state index in [2.05, 4.69) is 0 Å². The molecule has 0 amide bonds. The summed E-state index contributed by atoms with van der Waals surface area (Å²) in [5, 5.41) is 9.19. The lowest BCUT2D eigenvalue weighted by atomic mass is 10.3. The highest BCUT2D eigenvalue weighted by Crippen LogP contribution is 2.00. The number of nitrogens with zero attached hydrogens (tertiary/aromatic N) is 1. The highest BCUT2D eigenvalue weighted by molar-refractivity contribution is 5.81. The van der Waals surface area contributed by atoms with Crippen molar-refractivity contribution in [2.24, 2.45) is 0 Å². The molecule has 0 radical (unpaired) electrons. The first kappa shape index (κ1) is 16.8. The first-order valence-corrected chi connectivity index (χ1v) is 4.67. The Bertz CT molecular complexity index is 215. The Morgan fingerprint density at radius 3 is 2.47 bits per heavy atom. The fraction of sp³-hybridized carbons (Fsp3) is 0.700. The van der Waals surface area contributed by atoms with Gasteiger partial charge in [0.25, 0.3) is 0 Å². The third kappa shape index (κ3) is 9.72. The number of aliphatic hydroxyl groups excluding tert-OH is 1. The van der Waals surface area contributed by atoms with Gasteiger partial charge in [-0.05, 0) is 13.8 Å².